The van der Waals surface area contributed by atoms with Crippen molar-refractivity contribution in [3.05, 3.63) is 60.0 Å². The third-order valence-corrected chi connectivity index (χ3v) is 5.95. The number of para-hydroxylation sites is 2. The molecule has 0 aromatic heterocycles. The molecule has 148 valence electrons. The summed E-state index contributed by atoms with van der Waals surface area (Å²) in [6, 6.07) is 8.33. The van der Waals surface area contributed by atoms with Gasteiger partial charge in [-0.3, -0.25) is 4.90 Å². The van der Waals surface area contributed by atoms with Crippen LogP contribution in [0.5, 0.6) is 5.75 Å². The summed E-state index contributed by atoms with van der Waals surface area (Å²) >= 11 is 0. The standard InChI is InChI=1S/C23H31N4O/c1-20-10-18-27(21(19-20)9-11-24-27)17-6-5-12-25-13-15-26(16-14-25)22-7-3-4-8-23(22)28-2/h3-4,7-11,18-19H,5-6,12-17H2,1-2H3/q+1. The topological polar surface area (TPSA) is 28.1 Å². The van der Waals surface area contributed by atoms with Crippen molar-refractivity contribution in [2.24, 2.45) is 5.10 Å². The van der Waals surface area contributed by atoms with Gasteiger partial charge in [-0.1, -0.05) is 17.2 Å². The average molecular weight is 380 g/mol. The SMILES string of the molecule is COc1ccccc1N1CCN(CCCC[N+]23C=CC(C)=CC2=CC=N3)CC1. The number of ether oxygens (including phenoxy) is 1. The summed E-state index contributed by atoms with van der Waals surface area (Å²) in [6.07, 6.45) is 13.2. The highest BCUT2D eigenvalue weighted by molar-refractivity contribution is 5.74. The van der Waals surface area contributed by atoms with Crippen molar-refractivity contribution in [2.75, 3.05) is 51.3 Å². The summed E-state index contributed by atoms with van der Waals surface area (Å²) in [6.45, 7) is 8.71. The van der Waals surface area contributed by atoms with Crippen LogP contribution < -0.4 is 9.64 Å². The molecule has 0 aliphatic carbocycles. The number of piperazine rings is 1. The lowest BCUT2D eigenvalue weighted by atomic mass is 10.1. The number of allylic oxidation sites excluding steroid dienone is 4. The van der Waals surface area contributed by atoms with E-state index in [1.54, 1.807) is 7.11 Å². The molecule has 3 aliphatic heterocycles. The molecule has 0 radical (unpaired) electrons. The van der Waals surface area contributed by atoms with Crippen LogP contribution in [-0.2, 0) is 0 Å². The maximum atomic E-state index is 5.52. The monoisotopic (exact) mass is 379 g/mol. The minimum atomic E-state index is 0.652. The zero-order valence-corrected chi connectivity index (χ0v) is 17.1. The van der Waals surface area contributed by atoms with Crippen molar-refractivity contribution >= 4 is 11.9 Å². The van der Waals surface area contributed by atoms with Crippen LogP contribution >= 0.6 is 0 Å². The summed E-state index contributed by atoms with van der Waals surface area (Å²) in [4.78, 5) is 5.03. The van der Waals surface area contributed by atoms with Crippen LogP contribution in [0.25, 0.3) is 0 Å². The fourth-order valence-corrected chi connectivity index (χ4v) is 4.28. The Kier molecular flexibility index (Phi) is 5.64. The van der Waals surface area contributed by atoms with Gasteiger partial charge in [0.1, 0.15) is 18.5 Å². The second-order valence-electron chi connectivity index (χ2n) is 7.82. The second-order valence-corrected chi connectivity index (χ2v) is 7.82. The van der Waals surface area contributed by atoms with Crippen LogP contribution in [0.1, 0.15) is 19.8 Å². The number of unbranched alkanes of at least 4 members (excludes halogenated alkanes) is 1. The van der Waals surface area contributed by atoms with Crippen LogP contribution in [0.2, 0.25) is 0 Å². The van der Waals surface area contributed by atoms with Gasteiger partial charge in [-0.2, -0.15) is 0 Å². The Hall–Kier alpha value is -2.37. The fourth-order valence-electron chi connectivity index (χ4n) is 4.28. The molecule has 0 saturated carbocycles. The van der Waals surface area contributed by atoms with Crippen LogP contribution in [0, 0.1) is 0 Å². The van der Waals surface area contributed by atoms with Crippen molar-refractivity contribution in [3.63, 3.8) is 0 Å². The van der Waals surface area contributed by atoms with E-state index in [2.05, 4.69) is 53.3 Å². The normalized spacial score (nSPS) is 24.1. The van der Waals surface area contributed by atoms with E-state index in [1.165, 1.54) is 36.3 Å². The summed E-state index contributed by atoms with van der Waals surface area (Å²) in [5.41, 5.74) is 3.82. The first-order chi connectivity index (χ1) is 13.7. The molecule has 0 amide bonds. The second kappa shape index (κ2) is 8.33. The van der Waals surface area contributed by atoms with Crippen molar-refractivity contribution in [1.82, 2.24) is 4.90 Å². The minimum Gasteiger partial charge on any atom is -0.495 e. The van der Waals surface area contributed by atoms with E-state index in [0.29, 0.717) is 4.59 Å². The molecule has 5 nitrogen and oxygen atoms in total. The Bertz CT molecular complexity index is 818. The van der Waals surface area contributed by atoms with E-state index in [-0.39, 0.29) is 0 Å². The zero-order chi connectivity index (χ0) is 19.4. The van der Waals surface area contributed by atoms with Gasteiger partial charge in [0.15, 0.2) is 5.70 Å². The maximum absolute atomic E-state index is 5.52. The number of benzene rings is 1. The Labute approximate surface area is 168 Å². The Morgan fingerprint density at radius 3 is 2.75 bits per heavy atom. The summed E-state index contributed by atoms with van der Waals surface area (Å²) in [7, 11) is 1.75. The largest absolute Gasteiger partial charge is 0.495 e. The molecule has 1 unspecified atom stereocenters. The van der Waals surface area contributed by atoms with Crippen molar-refractivity contribution < 1.29 is 9.33 Å². The quantitative estimate of drug-likeness (QED) is 0.533. The highest BCUT2D eigenvalue weighted by Crippen LogP contribution is 2.31. The first kappa shape index (κ1) is 19.0. The number of rotatable bonds is 7. The molecule has 1 saturated heterocycles. The fraction of sp³-hybridized carbons (Fsp3) is 0.435. The molecule has 3 aliphatic rings. The zero-order valence-electron chi connectivity index (χ0n) is 17.1. The Balaban J connectivity index is 1.22. The number of nitrogens with zero attached hydrogens (tertiary/aromatic N) is 4. The molecule has 4 rings (SSSR count). The molecule has 0 spiro atoms. The van der Waals surface area contributed by atoms with Gasteiger partial charge in [0, 0.05) is 44.8 Å². The van der Waals surface area contributed by atoms with Gasteiger partial charge in [-0.25, -0.2) is 0 Å². The number of hydrogen-bond donors (Lipinski definition) is 0. The summed E-state index contributed by atoms with van der Waals surface area (Å²) < 4.78 is 6.17. The molecule has 0 bridgehead atoms. The van der Waals surface area contributed by atoms with Gasteiger partial charge < -0.3 is 9.64 Å². The molecular weight excluding hydrogens is 348 g/mol. The Morgan fingerprint density at radius 1 is 1.11 bits per heavy atom. The number of hydrogen-bond acceptors (Lipinski definition) is 4. The minimum absolute atomic E-state index is 0.652. The van der Waals surface area contributed by atoms with E-state index >= 15 is 0 Å². The molecular formula is C23H31N4O+. The van der Waals surface area contributed by atoms with Crippen molar-refractivity contribution in [3.8, 4) is 5.75 Å². The van der Waals surface area contributed by atoms with E-state index in [0.717, 1.165) is 38.5 Å². The van der Waals surface area contributed by atoms with Gasteiger partial charge >= 0.3 is 0 Å². The smallest absolute Gasteiger partial charge is 0.165 e. The highest BCUT2D eigenvalue weighted by atomic mass is 16.5. The molecule has 3 heterocycles. The first-order valence-electron chi connectivity index (χ1n) is 10.3. The van der Waals surface area contributed by atoms with E-state index in [1.807, 2.05) is 18.3 Å². The van der Waals surface area contributed by atoms with Crippen LogP contribution in [0.15, 0.2) is 65.1 Å². The third kappa shape index (κ3) is 3.91. The van der Waals surface area contributed by atoms with Crippen molar-refractivity contribution in [2.45, 2.75) is 19.8 Å². The van der Waals surface area contributed by atoms with Crippen LogP contribution in [0.4, 0.5) is 5.69 Å². The molecule has 5 heteroatoms. The van der Waals surface area contributed by atoms with Gasteiger partial charge in [0.05, 0.1) is 19.0 Å². The number of methoxy groups -OCH3 is 1. The third-order valence-electron chi connectivity index (χ3n) is 5.95. The first-order valence-corrected chi connectivity index (χ1v) is 10.3. The molecule has 0 N–H and O–H groups in total. The summed E-state index contributed by atoms with van der Waals surface area (Å²) in [5, 5.41) is 4.72. The number of fused-ring (bicyclic) bond motifs is 1. The van der Waals surface area contributed by atoms with Crippen LogP contribution in [-0.4, -0.2) is 62.1 Å². The molecule has 1 fully saturated rings. The average Bonchev–Trinajstić information content (AvgIpc) is 3.15. The van der Waals surface area contributed by atoms with Gasteiger partial charge in [-0.05, 0) is 43.7 Å². The molecule has 1 atom stereocenters. The Morgan fingerprint density at radius 2 is 1.93 bits per heavy atom. The van der Waals surface area contributed by atoms with Gasteiger partial charge in [0.25, 0.3) is 0 Å². The predicted octanol–water partition coefficient (Wildman–Crippen LogP) is 3.77. The van der Waals surface area contributed by atoms with Crippen molar-refractivity contribution in [1.29, 1.82) is 0 Å². The lowest BCUT2D eigenvalue weighted by molar-refractivity contribution is -0.843. The van der Waals surface area contributed by atoms with E-state index in [9.17, 15) is 0 Å². The van der Waals surface area contributed by atoms with Gasteiger partial charge in [-0.15, -0.1) is 4.59 Å². The highest BCUT2D eigenvalue weighted by Gasteiger charge is 2.34. The molecule has 28 heavy (non-hydrogen) atoms. The van der Waals surface area contributed by atoms with E-state index < -0.39 is 0 Å². The van der Waals surface area contributed by atoms with Gasteiger partial charge in [0.2, 0.25) is 0 Å². The summed E-state index contributed by atoms with van der Waals surface area (Å²) in [5.74, 6) is 0.971. The molecule has 1 aromatic rings. The lowest BCUT2D eigenvalue weighted by Gasteiger charge is -2.36. The molecule has 1 aromatic carbocycles. The number of quaternary nitrogens is 1. The van der Waals surface area contributed by atoms with E-state index in [4.69, 9.17) is 9.84 Å². The van der Waals surface area contributed by atoms with Crippen LogP contribution in [0.3, 0.4) is 0 Å². The lowest BCUT2D eigenvalue weighted by Crippen LogP contribution is -2.46. The number of anilines is 1. The predicted molar refractivity (Wildman–Crippen MR) is 115 cm³/mol. The maximum Gasteiger partial charge on any atom is 0.165 e.